The molecule has 5 nitrogen and oxygen atoms in total. The zero-order valence-electron chi connectivity index (χ0n) is 21.5. The minimum Gasteiger partial charge on any atom is -0.503 e. The van der Waals surface area contributed by atoms with Gasteiger partial charge in [0.1, 0.15) is 0 Å². The van der Waals surface area contributed by atoms with Crippen LogP contribution >= 0.6 is 0 Å². The van der Waals surface area contributed by atoms with Gasteiger partial charge in [-0.1, -0.05) is 104 Å². The molecule has 0 bridgehead atoms. The van der Waals surface area contributed by atoms with E-state index in [0.29, 0.717) is 37.2 Å². The van der Waals surface area contributed by atoms with Crippen LogP contribution in [-0.2, 0) is 19.4 Å². The lowest BCUT2D eigenvalue weighted by molar-refractivity contribution is 0.173. The Kier molecular flexibility index (Phi) is 7.45. The lowest BCUT2D eigenvalue weighted by Gasteiger charge is -2.31. The fourth-order valence-corrected chi connectivity index (χ4v) is 4.98. The Balaban J connectivity index is 1.61. The number of carbonyl (C=O) groups is 1. The quantitative estimate of drug-likeness (QED) is 0.261. The largest absolute Gasteiger partial charge is 0.503 e. The highest BCUT2D eigenvalue weighted by molar-refractivity contribution is 5.84. The number of benzene rings is 4. The van der Waals surface area contributed by atoms with Crippen molar-refractivity contribution in [2.24, 2.45) is 0 Å². The molecule has 5 rings (SSSR count). The van der Waals surface area contributed by atoms with E-state index in [1.54, 1.807) is 9.80 Å². The number of nitrogens with zero attached hydrogens (tertiary/aromatic N) is 2. The first-order chi connectivity index (χ1) is 18.5. The van der Waals surface area contributed by atoms with E-state index in [1.165, 1.54) is 0 Å². The van der Waals surface area contributed by atoms with Crippen molar-refractivity contribution in [1.29, 1.82) is 0 Å². The minimum atomic E-state index is -0.257. The third-order valence-corrected chi connectivity index (χ3v) is 6.92. The summed E-state index contributed by atoms with van der Waals surface area (Å²) in [6, 6.07) is 33.4. The number of hydrogen-bond donors (Lipinski definition) is 2. The summed E-state index contributed by atoms with van der Waals surface area (Å²) in [5.41, 5.74) is 3.62. The Morgan fingerprint density at radius 1 is 0.605 bits per heavy atom. The van der Waals surface area contributed by atoms with Crippen LogP contribution in [0.4, 0.5) is 4.79 Å². The molecule has 1 aliphatic rings. The maximum atomic E-state index is 14.3. The number of fused-ring (bicyclic) bond motifs is 1. The van der Waals surface area contributed by atoms with E-state index in [9.17, 15) is 15.0 Å². The number of hydrogen-bond acceptors (Lipinski definition) is 3. The predicted molar refractivity (Wildman–Crippen MR) is 151 cm³/mol. The van der Waals surface area contributed by atoms with Crippen LogP contribution in [0.5, 0.6) is 0 Å². The van der Waals surface area contributed by atoms with Crippen LogP contribution in [0.15, 0.2) is 126 Å². The molecule has 192 valence electrons. The normalized spacial score (nSPS) is 14.4. The Labute approximate surface area is 223 Å². The molecule has 2 N–H and O–H groups in total. The van der Waals surface area contributed by atoms with Crippen LogP contribution in [0.2, 0.25) is 0 Å². The lowest BCUT2D eigenvalue weighted by atomic mass is 10.0. The van der Waals surface area contributed by atoms with Crippen LogP contribution in [0, 0.1) is 0 Å². The maximum Gasteiger partial charge on any atom is 0.329 e. The van der Waals surface area contributed by atoms with Crippen molar-refractivity contribution in [3.8, 4) is 0 Å². The van der Waals surface area contributed by atoms with Gasteiger partial charge in [0.15, 0.2) is 11.5 Å². The molecule has 1 aliphatic heterocycles. The topological polar surface area (TPSA) is 64.0 Å². The average Bonchev–Trinajstić information content (AvgIpc) is 3.01. The van der Waals surface area contributed by atoms with E-state index in [2.05, 4.69) is 18.2 Å². The highest BCUT2D eigenvalue weighted by Gasteiger charge is 2.35. The van der Waals surface area contributed by atoms with Gasteiger partial charge in [-0.15, -0.1) is 0 Å². The summed E-state index contributed by atoms with van der Waals surface area (Å²) >= 11 is 0. The van der Waals surface area contributed by atoms with Gasteiger partial charge in [0.2, 0.25) is 0 Å². The van der Waals surface area contributed by atoms with E-state index < -0.39 is 0 Å². The summed E-state index contributed by atoms with van der Waals surface area (Å²) in [5.74, 6) is -0.505. The van der Waals surface area contributed by atoms with E-state index in [4.69, 9.17) is 0 Å². The van der Waals surface area contributed by atoms with Crippen molar-refractivity contribution in [1.82, 2.24) is 9.80 Å². The van der Waals surface area contributed by atoms with Gasteiger partial charge in [-0.05, 0) is 39.9 Å². The lowest BCUT2D eigenvalue weighted by Crippen LogP contribution is -2.42. The molecule has 0 atom stereocenters. The van der Waals surface area contributed by atoms with Gasteiger partial charge in [0, 0.05) is 19.4 Å². The average molecular weight is 505 g/mol. The number of allylic oxidation sites excluding steroid dienone is 2. The fraction of sp³-hybridized carbons (Fsp3) is 0.182. The van der Waals surface area contributed by atoms with E-state index >= 15 is 0 Å². The monoisotopic (exact) mass is 504 g/mol. The third kappa shape index (κ3) is 5.28. The first kappa shape index (κ1) is 25.2. The second-order valence-electron chi connectivity index (χ2n) is 9.62. The Bertz CT molecular complexity index is 1490. The molecule has 0 radical (unpaired) electrons. The van der Waals surface area contributed by atoms with E-state index in [0.717, 1.165) is 27.5 Å². The van der Waals surface area contributed by atoms with Crippen LogP contribution in [-0.4, -0.2) is 32.6 Å². The number of carbonyl (C=O) groups excluding carboxylic acids is 1. The SMILES string of the molecule is CCCN1C(=O)N(Cc2ccc3ccccc3c2)C(Cc2ccccc2)=C(O)C(O)=C1Cc1ccccc1. The molecule has 0 saturated heterocycles. The summed E-state index contributed by atoms with van der Waals surface area (Å²) < 4.78 is 0. The fourth-order valence-electron chi connectivity index (χ4n) is 4.98. The van der Waals surface area contributed by atoms with E-state index in [1.807, 2.05) is 91.9 Å². The Morgan fingerprint density at radius 3 is 1.71 bits per heavy atom. The molecular formula is C33H32N2O3. The summed E-state index contributed by atoms with van der Waals surface area (Å²) in [6.45, 7) is 2.69. The number of aliphatic hydroxyl groups excluding tert-OH is 2. The zero-order chi connectivity index (χ0) is 26.5. The number of rotatable bonds is 8. The second kappa shape index (κ2) is 11.3. The van der Waals surface area contributed by atoms with Crippen molar-refractivity contribution in [2.75, 3.05) is 6.54 Å². The molecule has 4 aromatic carbocycles. The van der Waals surface area contributed by atoms with Gasteiger partial charge in [-0.2, -0.15) is 0 Å². The summed E-state index contributed by atoms with van der Waals surface area (Å²) in [5, 5.41) is 25.1. The molecular weight excluding hydrogens is 472 g/mol. The molecule has 0 aromatic heterocycles. The van der Waals surface area contributed by atoms with Gasteiger partial charge in [0.05, 0.1) is 17.9 Å². The van der Waals surface area contributed by atoms with Gasteiger partial charge < -0.3 is 10.2 Å². The molecule has 5 heteroatoms. The molecule has 0 spiro atoms. The summed E-state index contributed by atoms with van der Waals surface area (Å²) in [6.07, 6.45) is 1.33. The number of aliphatic hydroxyl groups is 2. The molecule has 0 unspecified atom stereocenters. The molecule has 38 heavy (non-hydrogen) atoms. The predicted octanol–water partition coefficient (Wildman–Crippen LogP) is 7.51. The number of urea groups is 1. The van der Waals surface area contributed by atoms with Gasteiger partial charge in [-0.3, -0.25) is 9.80 Å². The van der Waals surface area contributed by atoms with Crippen molar-refractivity contribution in [3.05, 3.63) is 143 Å². The molecule has 0 saturated carbocycles. The van der Waals surface area contributed by atoms with Crippen molar-refractivity contribution in [3.63, 3.8) is 0 Å². The smallest absolute Gasteiger partial charge is 0.329 e. The standard InChI is InChI=1S/C33H32N2O3/c1-2-19-34-29(21-24-11-5-3-6-12-24)31(36)32(37)30(22-25-13-7-4-8-14-25)35(33(34)38)23-26-17-18-27-15-9-10-16-28(27)20-26/h3-18,20,36-37H,2,19,21-23H2,1H3. The highest BCUT2D eigenvalue weighted by Crippen LogP contribution is 2.32. The van der Waals surface area contributed by atoms with Gasteiger partial charge >= 0.3 is 6.03 Å². The van der Waals surface area contributed by atoms with Crippen molar-refractivity contribution in [2.45, 2.75) is 32.7 Å². The highest BCUT2D eigenvalue weighted by atomic mass is 16.3. The molecule has 2 amide bonds. The first-order valence-corrected chi connectivity index (χ1v) is 13.0. The van der Waals surface area contributed by atoms with Crippen LogP contribution in [0.25, 0.3) is 10.8 Å². The summed E-state index contributed by atoms with van der Waals surface area (Å²) in [7, 11) is 0. The Hall–Kier alpha value is -4.51. The third-order valence-electron chi connectivity index (χ3n) is 6.92. The molecule has 4 aromatic rings. The second-order valence-corrected chi connectivity index (χ2v) is 9.62. The first-order valence-electron chi connectivity index (χ1n) is 13.0. The minimum absolute atomic E-state index is 0.248. The summed E-state index contributed by atoms with van der Waals surface area (Å²) in [4.78, 5) is 17.5. The molecule has 0 fully saturated rings. The molecule has 1 heterocycles. The molecule has 0 aliphatic carbocycles. The van der Waals surface area contributed by atoms with Gasteiger partial charge in [0.25, 0.3) is 0 Å². The van der Waals surface area contributed by atoms with Crippen molar-refractivity contribution >= 4 is 16.8 Å². The van der Waals surface area contributed by atoms with Gasteiger partial charge in [-0.25, -0.2) is 4.79 Å². The maximum absolute atomic E-state index is 14.3. The van der Waals surface area contributed by atoms with Crippen LogP contribution < -0.4 is 0 Å². The zero-order valence-corrected chi connectivity index (χ0v) is 21.5. The van der Waals surface area contributed by atoms with E-state index in [-0.39, 0.29) is 24.1 Å². The number of amides is 2. The van der Waals surface area contributed by atoms with Crippen LogP contribution in [0.3, 0.4) is 0 Å². The van der Waals surface area contributed by atoms with Crippen LogP contribution in [0.1, 0.15) is 30.0 Å². The van der Waals surface area contributed by atoms with Crippen molar-refractivity contribution < 1.29 is 15.0 Å². The Morgan fingerprint density at radius 2 is 1.13 bits per heavy atom.